The highest BCUT2D eigenvalue weighted by molar-refractivity contribution is 5.60. The van der Waals surface area contributed by atoms with Gasteiger partial charge < -0.3 is 10.5 Å². The Labute approximate surface area is 140 Å². The average Bonchev–Trinajstić information content (AvgIpc) is 3.09. The highest BCUT2D eigenvalue weighted by Gasteiger charge is 2.18. The Balaban J connectivity index is 2.01. The van der Waals surface area contributed by atoms with Crippen molar-refractivity contribution >= 4 is 0 Å². The summed E-state index contributed by atoms with van der Waals surface area (Å²) < 4.78 is 20.4. The molecule has 6 heteroatoms. The molecule has 0 aliphatic heterocycles. The summed E-state index contributed by atoms with van der Waals surface area (Å²) in [4.78, 5) is 12.5. The van der Waals surface area contributed by atoms with Gasteiger partial charge in [-0.1, -0.05) is 12.8 Å². The first-order valence-corrected chi connectivity index (χ1v) is 8.27. The molecule has 2 N–H and O–H groups in total. The molecule has 24 heavy (non-hydrogen) atoms. The van der Waals surface area contributed by atoms with Gasteiger partial charge >= 0.3 is 0 Å². The van der Waals surface area contributed by atoms with Crippen LogP contribution in [0.2, 0.25) is 0 Å². The molecule has 5 nitrogen and oxygen atoms in total. The fraction of sp³-hybridized carbons (Fsp3) is 0.444. The van der Waals surface area contributed by atoms with Crippen molar-refractivity contribution in [3.63, 3.8) is 0 Å². The summed E-state index contributed by atoms with van der Waals surface area (Å²) >= 11 is 0. The first kappa shape index (κ1) is 16.6. The largest absolute Gasteiger partial charge is 0.494 e. The number of ether oxygens (including phenoxy) is 1. The van der Waals surface area contributed by atoms with E-state index in [1.807, 2.05) is 0 Å². The number of hydrogen-bond donors (Lipinski definition) is 1. The number of hydrogen-bond acceptors (Lipinski definition) is 4. The Bertz CT molecular complexity index is 782. The molecular weight excluding hydrogens is 309 g/mol. The van der Waals surface area contributed by atoms with E-state index in [4.69, 9.17) is 10.5 Å². The smallest absolute Gasteiger partial charge is 0.271 e. The van der Waals surface area contributed by atoms with Crippen molar-refractivity contribution < 1.29 is 9.13 Å². The Morgan fingerprint density at radius 3 is 2.71 bits per heavy atom. The van der Waals surface area contributed by atoms with Crippen LogP contribution in [-0.2, 0) is 13.1 Å². The van der Waals surface area contributed by atoms with Gasteiger partial charge in [-0.2, -0.15) is 5.10 Å². The Hall–Kier alpha value is -2.21. The van der Waals surface area contributed by atoms with E-state index in [1.54, 1.807) is 18.2 Å². The monoisotopic (exact) mass is 331 g/mol. The topological polar surface area (TPSA) is 70.1 Å². The summed E-state index contributed by atoms with van der Waals surface area (Å²) in [6.45, 7) is 0.732. The second-order valence-corrected chi connectivity index (χ2v) is 6.25. The van der Waals surface area contributed by atoms with E-state index in [0.717, 1.165) is 12.8 Å². The van der Waals surface area contributed by atoms with E-state index in [9.17, 15) is 9.18 Å². The van der Waals surface area contributed by atoms with Gasteiger partial charge in [-0.25, -0.2) is 9.07 Å². The van der Waals surface area contributed by atoms with E-state index in [0.29, 0.717) is 29.3 Å². The van der Waals surface area contributed by atoms with E-state index in [-0.39, 0.29) is 17.9 Å². The molecule has 1 aromatic heterocycles. The van der Waals surface area contributed by atoms with Gasteiger partial charge in [0.1, 0.15) is 0 Å². The Kier molecular flexibility index (Phi) is 4.94. The first-order chi connectivity index (χ1) is 11.6. The minimum atomic E-state index is -0.459. The van der Waals surface area contributed by atoms with Crippen LogP contribution in [0.25, 0.3) is 11.3 Å². The van der Waals surface area contributed by atoms with Gasteiger partial charge in [-0.05, 0) is 43.0 Å². The van der Waals surface area contributed by atoms with Crippen LogP contribution in [-0.4, -0.2) is 16.9 Å². The molecule has 0 radical (unpaired) electrons. The van der Waals surface area contributed by atoms with Gasteiger partial charge in [0, 0.05) is 24.2 Å². The summed E-state index contributed by atoms with van der Waals surface area (Å²) in [6, 6.07) is 6.30. The molecule has 0 bridgehead atoms. The second-order valence-electron chi connectivity index (χ2n) is 6.25. The predicted octanol–water partition coefficient (Wildman–Crippen LogP) is 2.71. The van der Waals surface area contributed by atoms with Crippen molar-refractivity contribution in [3.05, 3.63) is 46.0 Å². The van der Waals surface area contributed by atoms with Crippen molar-refractivity contribution in [1.82, 2.24) is 9.78 Å². The maximum absolute atomic E-state index is 14.0. The van der Waals surface area contributed by atoms with Crippen molar-refractivity contribution in [2.45, 2.75) is 38.8 Å². The van der Waals surface area contributed by atoms with Gasteiger partial charge in [-0.3, -0.25) is 4.79 Å². The third-order valence-electron chi connectivity index (χ3n) is 4.62. The number of benzene rings is 1. The minimum Gasteiger partial charge on any atom is -0.494 e. The fourth-order valence-electron chi connectivity index (χ4n) is 3.27. The Morgan fingerprint density at radius 1 is 1.33 bits per heavy atom. The van der Waals surface area contributed by atoms with Gasteiger partial charge in [-0.15, -0.1) is 0 Å². The molecule has 1 aromatic carbocycles. The van der Waals surface area contributed by atoms with Crippen LogP contribution in [0.15, 0.2) is 29.1 Å². The lowest BCUT2D eigenvalue weighted by molar-refractivity contribution is 0.386. The molecule has 0 saturated heterocycles. The summed E-state index contributed by atoms with van der Waals surface area (Å²) in [5, 5.41) is 4.45. The average molecular weight is 331 g/mol. The van der Waals surface area contributed by atoms with Crippen LogP contribution in [0.1, 0.15) is 31.2 Å². The molecule has 1 saturated carbocycles. The molecule has 128 valence electrons. The fourth-order valence-corrected chi connectivity index (χ4v) is 3.27. The number of rotatable bonds is 5. The predicted molar refractivity (Wildman–Crippen MR) is 90.3 cm³/mol. The standard InChI is InChI=1S/C18H22FN3O2/c1-24-17-7-6-13(8-15(17)19)16-9-14(10-20)18(23)22(21-16)11-12-4-2-3-5-12/h6-9,12H,2-5,10-11,20H2,1H3. The van der Waals surface area contributed by atoms with E-state index >= 15 is 0 Å². The first-order valence-electron chi connectivity index (χ1n) is 8.27. The van der Waals surface area contributed by atoms with Crippen molar-refractivity contribution in [1.29, 1.82) is 0 Å². The lowest BCUT2D eigenvalue weighted by Crippen LogP contribution is -2.30. The molecule has 0 amide bonds. The molecule has 1 fully saturated rings. The molecule has 1 aliphatic rings. The lowest BCUT2D eigenvalue weighted by Gasteiger charge is -2.14. The molecule has 2 aromatic rings. The molecule has 0 unspecified atom stereocenters. The Morgan fingerprint density at radius 2 is 2.08 bits per heavy atom. The van der Waals surface area contributed by atoms with Crippen LogP contribution in [0, 0.1) is 11.7 Å². The molecule has 1 heterocycles. The van der Waals surface area contributed by atoms with Crippen molar-refractivity contribution in [2.24, 2.45) is 11.7 Å². The SMILES string of the molecule is COc1ccc(-c2cc(CN)c(=O)n(CC3CCCC3)n2)cc1F. The number of nitrogens with zero attached hydrogens (tertiary/aromatic N) is 2. The minimum absolute atomic E-state index is 0.137. The second kappa shape index (κ2) is 7.13. The van der Waals surface area contributed by atoms with E-state index in [1.165, 1.54) is 30.7 Å². The molecular formula is C18H22FN3O2. The third kappa shape index (κ3) is 3.33. The zero-order valence-corrected chi connectivity index (χ0v) is 13.8. The number of methoxy groups -OCH3 is 1. The lowest BCUT2D eigenvalue weighted by atomic mass is 10.1. The highest BCUT2D eigenvalue weighted by Crippen LogP contribution is 2.27. The normalized spacial score (nSPS) is 15.0. The molecule has 3 rings (SSSR count). The zero-order valence-electron chi connectivity index (χ0n) is 13.8. The highest BCUT2D eigenvalue weighted by atomic mass is 19.1. The van der Waals surface area contributed by atoms with Crippen LogP contribution in [0.5, 0.6) is 5.75 Å². The molecule has 1 aliphatic carbocycles. The van der Waals surface area contributed by atoms with Crippen LogP contribution >= 0.6 is 0 Å². The van der Waals surface area contributed by atoms with Crippen LogP contribution in [0.4, 0.5) is 4.39 Å². The van der Waals surface area contributed by atoms with Gasteiger partial charge in [0.25, 0.3) is 5.56 Å². The van der Waals surface area contributed by atoms with Crippen molar-refractivity contribution in [2.75, 3.05) is 7.11 Å². The van der Waals surface area contributed by atoms with Crippen molar-refractivity contribution in [3.8, 4) is 17.0 Å². The summed E-state index contributed by atoms with van der Waals surface area (Å²) in [6.07, 6.45) is 4.64. The van der Waals surface area contributed by atoms with Gasteiger partial charge in [0.05, 0.1) is 12.8 Å². The summed E-state index contributed by atoms with van der Waals surface area (Å²) in [7, 11) is 1.42. The van der Waals surface area contributed by atoms with Crippen LogP contribution < -0.4 is 16.0 Å². The summed E-state index contributed by atoms with van der Waals surface area (Å²) in [5.41, 5.74) is 7.21. The quantitative estimate of drug-likeness (QED) is 0.914. The molecule has 0 atom stereocenters. The van der Waals surface area contributed by atoms with E-state index in [2.05, 4.69) is 5.10 Å². The molecule has 0 spiro atoms. The maximum Gasteiger partial charge on any atom is 0.271 e. The van der Waals surface area contributed by atoms with Gasteiger partial charge in [0.15, 0.2) is 11.6 Å². The van der Waals surface area contributed by atoms with E-state index < -0.39 is 5.82 Å². The maximum atomic E-state index is 14.0. The third-order valence-corrected chi connectivity index (χ3v) is 4.62. The number of halogens is 1. The number of nitrogens with two attached hydrogens (primary N) is 1. The summed E-state index contributed by atoms with van der Waals surface area (Å²) in [5.74, 6) is 0.195. The van der Waals surface area contributed by atoms with Gasteiger partial charge in [0.2, 0.25) is 0 Å². The zero-order chi connectivity index (χ0) is 17.1. The van der Waals surface area contributed by atoms with Crippen LogP contribution in [0.3, 0.4) is 0 Å². The number of aromatic nitrogens is 2.